The second-order valence-corrected chi connectivity index (χ2v) is 2.91. The van der Waals surface area contributed by atoms with Gasteiger partial charge in [-0.05, 0) is 0 Å². The van der Waals surface area contributed by atoms with Crippen LogP contribution in [-0.4, -0.2) is 18.2 Å². The van der Waals surface area contributed by atoms with Crippen molar-refractivity contribution >= 4 is 29.5 Å². The third kappa shape index (κ3) is 3.11. The van der Waals surface area contributed by atoms with Crippen molar-refractivity contribution in [3.8, 4) is 18.1 Å². The Morgan fingerprint density at radius 2 is 2.25 bits per heavy atom. The van der Waals surface area contributed by atoms with Crippen LogP contribution in [0.2, 0.25) is 0 Å². The van der Waals surface area contributed by atoms with Gasteiger partial charge in [0.15, 0.2) is 11.6 Å². The summed E-state index contributed by atoms with van der Waals surface area (Å²) in [7, 11) is 0. The van der Waals surface area contributed by atoms with Gasteiger partial charge < -0.3 is 4.74 Å². The molecule has 0 saturated heterocycles. The van der Waals surface area contributed by atoms with Crippen molar-refractivity contribution in [2.75, 3.05) is 6.61 Å². The normalized spacial score (nSPS) is 10.1. The van der Waals surface area contributed by atoms with Gasteiger partial charge in [0.05, 0.1) is 0 Å². The smallest absolute Gasteiger partial charge is 0.155 e. The van der Waals surface area contributed by atoms with Crippen LogP contribution in [-0.2, 0) is 0 Å². The molecule has 0 heterocycles. The Hall–Kier alpha value is -1.80. The number of thiocarbonyl (C=S) groups is 1. The molecule has 0 aliphatic rings. The van der Waals surface area contributed by atoms with Gasteiger partial charge in [-0.2, -0.15) is 0 Å². The average Bonchev–Trinajstić information content (AvgIpc) is 2.24. The molecule has 0 fully saturated rings. The van der Waals surface area contributed by atoms with Gasteiger partial charge in [0.1, 0.15) is 18.1 Å². The van der Waals surface area contributed by atoms with Crippen molar-refractivity contribution < 1.29 is 13.5 Å². The van der Waals surface area contributed by atoms with Gasteiger partial charge in [-0.25, -0.2) is 13.8 Å². The largest absolute Gasteiger partial charge is 0.478 e. The number of halogens is 2. The lowest BCUT2D eigenvalue weighted by atomic mass is 10.2. The van der Waals surface area contributed by atoms with Crippen molar-refractivity contribution in [1.82, 2.24) is 0 Å². The molecule has 0 unspecified atom stereocenters. The van der Waals surface area contributed by atoms with Crippen LogP contribution < -0.4 is 4.74 Å². The minimum Gasteiger partial charge on any atom is -0.478 e. The van der Waals surface area contributed by atoms with E-state index >= 15 is 0 Å². The van der Waals surface area contributed by atoms with Crippen LogP contribution in [0.4, 0.5) is 14.5 Å². The number of hydrogen-bond acceptors (Lipinski definition) is 3. The van der Waals surface area contributed by atoms with E-state index in [0.29, 0.717) is 6.07 Å². The Morgan fingerprint density at radius 1 is 1.50 bits per heavy atom. The summed E-state index contributed by atoms with van der Waals surface area (Å²) in [6.45, 7) is -0.0942. The van der Waals surface area contributed by atoms with Gasteiger partial charge in [-0.15, -0.1) is 6.42 Å². The quantitative estimate of drug-likeness (QED) is 0.457. The summed E-state index contributed by atoms with van der Waals surface area (Å²) < 4.78 is 31.2. The van der Waals surface area contributed by atoms with E-state index in [1.165, 1.54) is 11.6 Å². The number of nitrogens with zero attached hydrogens (tertiary/aromatic N) is 1. The summed E-state index contributed by atoms with van der Waals surface area (Å²) in [6.07, 6.45) is 6.18. The van der Waals surface area contributed by atoms with Crippen molar-refractivity contribution in [1.29, 1.82) is 0 Å². The number of terminal acetylenes is 1. The van der Waals surface area contributed by atoms with E-state index in [0.717, 1.165) is 6.07 Å². The summed E-state index contributed by atoms with van der Waals surface area (Å²) in [6, 6.07) is 1.72. The molecule has 0 aliphatic heterocycles. The van der Waals surface area contributed by atoms with Gasteiger partial charge in [0.25, 0.3) is 0 Å². The van der Waals surface area contributed by atoms with Crippen molar-refractivity contribution in [3.05, 3.63) is 23.8 Å². The van der Waals surface area contributed by atoms with E-state index < -0.39 is 11.6 Å². The predicted molar refractivity (Wildman–Crippen MR) is 62.5 cm³/mol. The molecule has 5 heteroatoms. The summed E-state index contributed by atoms with van der Waals surface area (Å²) in [4.78, 5) is 3.70. The van der Waals surface area contributed by atoms with Crippen LogP contribution in [0, 0.1) is 24.0 Å². The first kappa shape index (κ1) is 12.3. The Bertz CT molecular complexity index is 466. The molecule has 82 valence electrons. The number of benzene rings is 1. The van der Waals surface area contributed by atoms with Gasteiger partial charge in [-0.1, -0.05) is 18.1 Å². The molecule has 0 amide bonds. The number of aliphatic imine (C=N–C) groups is 1. The van der Waals surface area contributed by atoms with E-state index in [4.69, 9.17) is 11.2 Å². The molecular weight excluding hydrogens is 232 g/mol. The Kier molecular flexibility index (Phi) is 4.55. The third-order valence-electron chi connectivity index (χ3n) is 1.57. The van der Waals surface area contributed by atoms with Crippen LogP contribution in [0.15, 0.2) is 17.1 Å². The van der Waals surface area contributed by atoms with Gasteiger partial charge in [0.2, 0.25) is 0 Å². The molecule has 1 rings (SSSR count). The molecule has 0 radical (unpaired) electrons. The standard InChI is InChI=1S/C11H7F2NOS/c1-2-4-15-10-7-8(12)6-9(13)11(10)14-3-5-16/h1,3,5-7H,4H2. The van der Waals surface area contributed by atoms with Crippen molar-refractivity contribution in [3.63, 3.8) is 0 Å². The molecule has 0 aromatic heterocycles. The highest BCUT2D eigenvalue weighted by Crippen LogP contribution is 2.31. The lowest BCUT2D eigenvalue weighted by Gasteiger charge is -2.06. The summed E-state index contributed by atoms with van der Waals surface area (Å²) in [5.74, 6) is 0.547. The first-order valence-corrected chi connectivity index (χ1v) is 4.69. The van der Waals surface area contributed by atoms with Crippen LogP contribution in [0.5, 0.6) is 5.75 Å². The Labute approximate surface area is 97.0 Å². The van der Waals surface area contributed by atoms with Crippen LogP contribution in [0.3, 0.4) is 0 Å². The highest BCUT2D eigenvalue weighted by molar-refractivity contribution is 7.80. The molecule has 0 atom stereocenters. The predicted octanol–water partition coefficient (Wildman–Crippen LogP) is 2.68. The highest BCUT2D eigenvalue weighted by atomic mass is 32.1. The van der Waals surface area contributed by atoms with Crippen molar-refractivity contribution in [2.24, 2.45) is 4.99 Å². The van der Waals surface area contributed by atoms with E-state index in [2.05, 4.69) is 23.1 Å². The second-order valence-electron chi connectivity index (χ2n) is 2.64. The molecule has 1 aromatic carbocycles. The fourth-order valence-corrected chi connectivity index (χ4v) is 1.06. The molecular formula is C11H7F2NOS. The molecule has 2 nitrogen and oxygen atoms in total. The topological polar surface area (TPSA) is 21.6 Å². The average molecular weight is 239 g/mol. The maximum atomic E-state index is 13.3. The minimum atomic E-state index is -0.833. The molecule has 1 aromatic rings. The van der Waals surface area contributed by atoms with Crippen molar-refractivity contribution in [2.45, 2.75) is 0 Å². The molecule has 0 N–H and O–H groups in total. The molecule has 0 spiro atoms. The maximum Gasteiger partial charge on any atom is 0.155 e. The lowest BCUT2D eigenvalue weighted by molar-refractivity contribution is 0.366. The van der Waals surface area contributed by atoms with E-state index in [9.17, 15) is 8.78 Å². The lowest BCUT2D eigenvalue weighted by Crippen LogP contribution is -1.96. The first-order chi connectivity index (χ1) is 7.69. The van der Waals surface area contributed by atoms with Gasteiger partial charge in [0, 0.05) is 23.7 Å². The Balaban J connectivity index is 3.16. The highest BCUT2D eigenvalue weighted by Gasteiger charge is 2.11. The zero-order valence-electron chi connectivity index (χ0n) is 8.11. The Morgan fingerprint density at radius 3 is 2.88 bits per heavy atom. The monoisotopic (exact) mass is 239 g/mol. The van der Waals surface area contributed by atoms with Gasteiger partial charge in [-0.3, -0.25) is 0 Å². The van der Waals surface area contributed by atoms with Crippen LogP contribution >= 0.6 is 12.2 Å². The van der Waals surface area contributed by atoms with E-state index in [1.54, 1.807) is 0 Å². The summed E-state index contributed by atoms with van der Waals surface area (Å²) in [5.41, 5.74) is -0.127. The van der Waals surface area contributed by atoms with E-state index in [1.807, 2.05) is 0 Å². The maximum absolute atomic E-state index is 13.3. The zero-order chi connectivity index (χ0) is 12.0. The number of rotatable bonds is 4. The molecule has 0 bridgehead atoms. The van der Waals surface area contributed by atoms with Crippen LogP contribution in [0.1, 0.15) is 0 Å². The second kappa shape index (κ2) is 5.93. The first-order valence-electron chi connectivity index (χ1n) is 4.22. The molecule has 0 saturated carbocycles. The fraction of sp³-hybridized carbons (Fsp3) is 0.0909. The summed E-state index contributed by atoms with van der Waals surface area (Å²) in [5, 5.41) is 1.20. The molecule has 16 heavy (non-hydrogen) atoms. The SMILES string of the molecule is C#CCOc1cc(F)cc(F)c1N=CC=S. The van der Waals surface area contributed by atoms with Crippen LogP contribution in [0.25, 0.3) is 0 Å². The summed E-state index contributed by atoms with van der Waals surface area (Å²) >= 11 is 4.51. The van der Waals surface area contributed by atoms with Gasteiger partial charge >= 0.3 is 0 Å². The number of hydrogen-bond donors (Lipinski definition) is 0. The number of ether oxygens (including phenoxy) is 1. The fourth-order valence-electron chi connectivity index (χ4n) is 1.00. The zero-order valence-corrected chi connectivity index (χ0v) is 8.93. The van der Waals surface area contributed by atoms with E-state index in [-0.39, 0.29) is 18.0 Å². The third-order valence-corrected chi connectivity index (χ3v) is 1.69. The molecule has 0 aliphatic carbocycles. The minimum absolute atomic E-state index is 0.0523.